The Balaban J connectivity index is 1.76. The predicted octanol–water partition coefficient (Wildman–Crippen LogP) is 2.19. The van der Waals surface area contributed by atoms with Crippen LogP contribution in [0.3, 0.4) is 0 Å². The molecule has 74 valence electrons. The van der Waals surface area contributed by atoms with E-state index in [1.807, 2.05) is 4.90 Å². The van der Waals surface area contributed by atoms with Crippen molar-refractivity contribution in [1.29, 1.82) is 0 Å². The fraction of sp³-hybridized carbons (Fsp3) is 0.909. The summed E-state index contributed by atoms with van der Waals surface area (Å²) >= 11 is 0. The van der Waals surface area contributed by atoms with Gasteiger partial charge in [-0.15, -0.1) is 0 Å². The summed E-state index contributed by atoms with van der Waals surface area (Å²) in [6.45, 7) is 1.04. The fourth-order valence-electron chi connectivity index (χ4n) is 2.35. The topological polar surface area (TPSA) is 20.3 Å². The number of carbonyl (C=O) groups excluding carboxylic acids is 1. The molecule has 2 aliphatic carbocycles. The van der Waals surface area contributed by atoms with E-state index in [0.29, 0.717) is 6.04 Å². The van der Waals surface area contributed by atoms with Gasteiger partial charge in [0, 0.05) is 12.6 Å². The molecule has 0 atom stereocenters. The van der Waals surface area contributed by atoms with Gasteiger partial charge in [0.15, 0.2) is 0 Å². The first-order chi connectivity index (χ1) is 6.40. The summed E-state index contributed by atoms with van der Waals surface area (Å²) < 4.78 is 0. The lowest BCUT2D eigenvalue weighted by molar-refractivity contribution is -0.119. The van der Waals surface area contributed by atoms with Crippen LogP contribution in [-0.4, -0.2) is 23.9 Å². The second-order valence-corrected chi connectivity index (χ2v) is 4.54. The van der Waals surface area contributed by atoms with Gasteiger partial charge in [-0.05, 0) is 31.6 Å². The van der Waals surface area contributed by atoms with Gasteiger partial charge < -0.3 is 4.90 Å². The molecule has 2 saturated carbocycles. The summed E-state index contributed by atoms with van der Waals surface area (Å²) in [6, 6.07) is 0.611. The van der Waals surface area contributed by atoms with Crippen LogP contribution in [0.25, 0.3) is 0 Å². The second-order valence-electron chi connectivity index (χ2n) is 4.54. The molecule has 0 N–H and O–H groups in total. The van der Waals surface area contributed by atoms with Crippen LogP contribution < -0.4 is 0 Å². The van der Waals surface area contributed by atoms with E-state index in [-0.39, 0.29) is 0 Å². The summed E-state index contributed by atoms with van der Waals surface area (Å²) in [5, 5.41) is 0. The molecule has 1 amide bonds. The van der Waals surface area contributed by atoms with Crippen molar-refractivity contribution in [1.82, 2.24) is 4.90 Å². The predicted molar refractivity (Wildman–Crippen MR) is 52.4 cm³/mol. The highest BCUT2D eigenvalue weighted by Crippen LogP contribution is 2.30. The molecule has 0 aliphatic heterocycles. The zero-order valence-corrected chi connectivity index (χ0v) is 8.24. The van der Waals surface area contributed by atoms with Crippen LogP contribution >= 0.6 is 0 Å². The number of rotatable bonds is 4. The number of carbonyl (C=O) groups is 1. The van der Waals surface area contributed by atoms with Crippen molar-refractivity contribution in [3.05, 3.63) is 0 Å². The largest absolute Gasteiger partial charge is 0.342 e. The van der Waals surface area contributed by atoms with Crippen LogP contribution in [0.4, 0.5) is 0 Å². The minimum Gasteiger partial charge on any atom is -0.342 e. The maximum Gasteiger partial charge on any atom is 0.209 e. The first kappa shape index (κ1) is 9.04. The lowest BCUT2D eigenvalue weighted by Gasteiger charge is -2.27. The average Bonchev–Trinajstić information content (AvgIpc) is 2.99. The van der Waals surface area contributed by atoms with E-state index >= 15 is 0 Å². The molecule has 2 aliphatic rings. The maximum atomic E-state index is 10.8. The molecule has 13 heavy (non-hydrogen) atoms. The van der Waals surface area contributed by atoms with Crippen LogP contribution in [0.5, 0.6) is 0 Å². The summed E-state index contributed by atoms with van der Waals surface area (Å²) in [5.74, 6) is 0.805. The molecule has 2 nitrogen and oxygen atoms in total. The summed E-state index contributed by atoms with van der Waals surface area (Å²) in [6.07, 6.45) is 10.4. The molecule has 0 bridgehead atoms. The Morgan fingerprint density at radius 2 is 1.77 bits per heavy atom. The van der Waals surface area contributed by atoms with E-state index in [0.717, 1.165) is 18.9 Å². The van der Waals surface area contributed by atoms with Crippen molar-refractivity contribution in [2.75, 3.05) is 6.54 Å². The van der Waals surface area contributed by atoms with Gasteiger partial charge in [-0.1, -0.05) is 19.3 Å². The van der Waals surface area contributed by atoms with Crippen LogP contribution in [0.15, 0.2) is 0 Å². The Morgan fingerprint density at radius 3 is 2.31 bits per heavy atom. The zero-order chi connectivity index (χ0) is 9.10. The average molecular weight is 181 g/mol. The molecule has 0 aromatic heterocycles. The molecule has 2 fully saturated rings. The van der Waals surface area contributed by atoms with Crippen molar-refractivity contribution in [2.24, 2.45) is 5.92 Å². The van der Waals surface area contributed by atoms with Gasteiger partial charge in [-0.25, -0.2) is 0 Å². The molecule has 0 heterocycles. The summed E-state index contributed by atoms with van der Waals surface area (Å²) in [5.41, 5.74) is 0. The highest BCUT2D eigenvalue weighted by Gasteiger charge is 2.29. The molecular formula is C11H19NO. The third kappa shape index (κ3) is 2.45. The van der Waals surface area contributed by atoms with Gasteiger partial charge in [-0.2, -0.15) is 0 Å². The molecule has 0 aromatic rings. The van der Waals surface area contributed by atoms with Crippen LogP contribution in [0.2, 0.25) is 0 Å². The Hall–Kier alpha value is -0.530. The molecule has 0 spiro atoms. The van der Waals surface area contributed by atoms with Gasteiger partial charge in [0.1, 0.15) is 0 Å². The fourth-order valence-corrected chi connectivity index (χ4v) is 2.35. The quantitative estimate of drug-likeness (QED) is 0.609. The van der Waals surface area contributed by atoms with E-state index in [1.165, 1.54) is 44.9 Å². The molecule has 0 unspecified atom stereocenters. The zero-order valence-electron chi connectivity index (χ0n) is 8.24. The van der Waals surface area contributed by atoms with Gasteiger partial charge in [0.2, 0.25) is 6.41 Å². The Kier molecular flexibility index (Phi) is 2.87. The second kappa shape index (κ2) is 4.12. The molecule has 2 heteroatoms. The number of amides is 1. The van der Waals surface area contributed by atoms with Crippen LogP contribution in [0.1, 0.15) is 44.9 Å². The SMILES string of the molecule is O=CN(CC1CCCCC1)C1CC1. The number of hydrogen-bond acceptors (Lipinski definition) is 1. The Labute approximate surface area is 80.3 Å². The highest BCUT2D eigenvalue weighted by molar-refractivity contribution is 5.48. The van der Waals surface area contributed by atoms with Crippen molar-refractivity contribution >= 4 is 6.41 Å². The molecule has 0 saturated heterocycles. The third-order valence-electron chi connectivity index (χ3n) is 3.35. The van der Waals surface area contributed by atoms with Crippen molar-refractivity contribution in [3.63, 3.8) is 0 Å². The molecule has 2 rings (SSSR count). The van der Waals surface area contributed by atoms with E-state index in [1.54, 1.807) is 0 Å². The first-order valence-electron chi connectivity index (χ1n) is 5.61. The Morgan fingerprint density at radius 1 is 1.08 bits per heavy atom. The van der Waals surface area contributed by atoms with Gasteiger partial charge in [0.05, 0.1) is 0 Å². The first-order valence-corrected chi connectivity index (χ1v) is 5.61. The highest BCUT2D eigenvalue weighted by atomic mass is 16.1. The molecule has 0 radical (unpaired) electrons. The van der Waals surface area contributed by atoms with Crippen molar-refractivity contribution < 1.29 is 4.79 Å². The van der Waals surface area contributed by atoms with E-state index in [4.69, 9.17) is 0 Å². The van der Waals surface area contributed by atoms with Crippen LogP contribution in [0, 0.1) is 5.92 Å². The minimum atomic E-state index is 0.611. The summed E-state index contributed by atoms with van der Waals surface area (Å²) in [4.78, 5) is 12.8. The number of nitrogens with zero attached hydrogens (tertiary/aromatic N) is 1. The normalized spacial score (nSPS) is 24.3. The van der Waals surface area contributed by atoms with E-state index < -0.39 is 0 Å². The lowest BCUT2D eigenvalue weighted by atomic mass is 9.89. The minimum absolute atomic E-state index is 0.611. The van der Waals surface area contributed by atoms with Gasteiger partial charge >= 0.3 is 0 Å². The van der Waals surface area contributed by atoms with Gasteiger partial charge in [0.25, 0.3) is 0 Å². The molecular weight excluding hydrogens is 162 g/mol. The van der Waals surface area contributed by atoms with E-state index in [2.05, 4.69) is 0 Å². The maximum absolute atomic E-state index is 10.8. The Bertz CT molecular complexity index is 171. The summed E-state index contributed by atoms with van der Waals surface area (Å²) in [7, 11) is 0. The van der Waals surface area contributed by atoms with Gasteiger partial charge in [-0.3, -0.25) is 4.79 Å². The monoisotopic (exact) mass is 181 g/mol. The van der Waals surface area contributed by atoms with Crippen molar-refractivity contribution in [3.8, 4) is 0 Å². The third-order valence-corrected chi connectivity index (χ3v) is 3.35. The van der Waals surface area contributed by atoms with Crippen LogP contribution in [-0.2, 0) is 4.79 Å². The molecule has 0 aromatic carbocycles. The standard InChI is InChI=1S/C11H19NO/c13-9-12(11-6-7-11)8-10-4-2-1-3-5-10/h9-11H,1-8H2. The van der Waals surface area contributed by atoms with Crippen molar-refractivity contribution in [2.45, 2.75) is 51.0 Å². The lowest BCUT2D eigenvalue weighted by Crippen LogP contribution is -2.31. The van der Waals surface area contributed by atoms with E-state index in [9.17, 15) is 4.79 Å². The number of hydrogen-bond donors (Lipinski definition) is 0. The smallest absolute Gasteiger partial charge is 0.209 e.